The maximum atomic E-state index is 9.16. The van der Waals surface area contributed by atoms with E-state index >= 15 is 0 Å². The van der Waals surface area contributed by atoms with Gasteiger partial charge in [0.05, 0.1) is 12.7 Å². The Labute approximate surface area is 92.6 Å². The summed E-state index contributed by atoms with van der Waals surface area (Å²) in [5.74, 6) is 0. The molecule has 1 rings (SSSR count). The zero-order chi connectivity index (χ0) is 11.1. The van der Waals surface area contributed by atoms with Crippen molar-refractivity contribution in [2.45, 2.75) is 31.9 Å². The molecule has 0 amide bonds. The van der Waals surface area contributed by atoms with E-state index < -0.39 is 0 Å². The van der Waals surface area contributed by atoms with Gasteiger partial charge in [0.2, 0.25) is 0 Å². The van der Waals surface area contributed by atoms with Crippen molar-refractivity contribution in [3.63, 3.8) is 0 Å². The maximum Gasteiger partial charge on any atom is 0.0636 e. The SMILES string of the molecule is COCCN1CCC(NC[C@H](C)O)CC1. The van der Waals surface area contributed by atoms with Crippen LogP contribution in [0.15, 0.2) is 0 Å². The van der Waals surface area contributed by atoms with Crippen molar-refractivity contribution in [2.75, 3.05) is 39.9 Å². The van der Waals surface area contributed by atoms with E-state index in [1.54, 1.807) is 7.11 Å². The molecule has 1 aliphatic heterocycles. The van der Waals surface area contributed by atoms with Gasteiger partial charge in [0, 0.05) is 26.2 Å². The number of methoxy groups -OCH3 is 1. The molecule has 0 radical (unpaired) electrons. The van der Waals surface area contributed by atoms with E-state index in [0.717, 1.165) is 26.2 Å². The van der Waals surface area contributed by atoms with Crippen LogP contribution in [0.25, 0.3) is 0 Å². The van der Waals surface area contributed by atoms with Gasteiger partial charge < -0.3 is 20.1 Å². The molecule has 0 aromatic carbocycles. The molecule has 1 aliphatic rings. The third-order valence-corrected chi connectivity index (χ3v) is 2.90. The lowest BCUT2D eigenvalue weighted by molar-refractivity contribution is 0.121. The second kappa shape index (κ2) is 7.17. The molecule has 2 N–H and O–H groups in total. The highest BCUT2D eigenvalue weighted by Gasteiger charge is 2.18. The number of likely N-dealkylation sites (tertiary alicyclic amines) is 1. The minimum atomic E-state index is -0.239. The molecule has 15 heavy (non-hydrogen) atoms. The number of hydrogen-bond acceptors (Lipinski definition) is 4. The fourth-order valence-electron chi connectivity index (χ4n) is 1.92. The smallest absolute Gasteiger partial charge is 0.0636 e. The van der Waals surface area contributed by atoms with Gasteiger partial charge in [-0.05, 0) is 32.9 Å². The number of hydrogen-bond donors (Lipinski definition) is 2. The van der Waals surface area contributed by atoms with Crippen LogP contribution >= 0.6 is 0 Å². The second-order valence-electron chi connectivity index (χ2n) is 4.37. The third-order valence-electron chi connectivity index (χ3n) is 2.90. The number of nitrogens with one attached hydrogen (secondary N) is 1. The van der Waals surface area contributed by atoms with Crippen LogP contribution in [0, 0.1) is 0 Å². The fourth-order valence-corrected chi connectivity index (χ4v) is 1.92. The van der Waals surface area contributed by atoms with Gasteiger partial charge in [0.25, 0.3) is 0 Å². The summed E-state index contributed by atoms with van der Waals surface area (Å²) in [5.41, 5.74) is 0. The predicted molar refractivity (Wildman–Crippen MR) is 61.0 cm³/mol. The summed E-state index contributed by atoms with van der Waals surface area (Å²) in [7, 11) is 1.75. The average Bonchev–Trinajstić information content (AvgIpc) is 2.25. The van der Waals surface area contributed by atoms with E-state index in [2.05, 4.69) is 10.2 Å². The average molecular weight is 216 g/mol. The van der Waals surface area contributed by atoms with Crippen LogP contribution in [-0.2, 0) is 4.74 Å². The highest BCUT2D eigenvalue weighted by atomic mass is 16.5. The molecule has 1 saturated heterocycles. The van der Waals surface area contributed by atoms with Crippen LogP contribution in [0.2, 0.25) is 0 Å². The Morgan fingerprint density at radius 3 is 2.67 bits per heavy atom. The standard InChI is InChI=1S/C11H24N2O2/c1-10(14)9-12-11-3-5-13(6-4-11)7-8-15-2/h10-12,14H,3-9H2,1-2H3/t10-/m0/s1. The van der Waals surface area contributed by atoms with E-state index in [0.29, 0.717) is 12.6 Å². The van der Waals surface area contributed by atoms with Gasteiger partial charge in [0.15, 0.2) is 0 Å². The zero-order valence-electron chi connectivity index (χ0n) is 9.91. The fraction of sp³-hybridized carbons (Fsp3) is 1.00. The molecule has 0 aromatic rings. The Bertz CT molecular complexity index is 157. The summed E-state index contributed by atoms with van der Waals surface area (Å²) in [6.45, 7) is 6.68. The normalized spacial score (nSPS) is 21.8. The van der Waals surface area contributed by atoms with Crippen molar-refractivity contribution in [1.29, 1.82) is 0 Å². The van der Waals surface area contributed by atoms with Crippen molar-refractivity contribution >= 4 is 0 Å². The summed E-state index contributed by atoms with van der Waals surface area (Å²) in [6.07, 6.45) is 2.11. The molecule has 90 valence electrons. The van der Waals surface area contributed by atoms with Crippen molar-refractivity contribution in [3.8, 4) is 0 Å². The number of rotatable bonds is 6. The first-order valence-corrected chi connectivity index (χ1v) is 5.85. The molecule has 0 bridgehead atoms. The lowest BCUT2D eigenvalue weighted by Crippen LogP contribution is -2.45. The van der Waals surface area contributed by atoms with Gasteiger partial charge in [-0.25, -0.2) is 0 Å². The van der Waals surface area contributed by atoms with E-state index in [-0.39, 0.29) is 6.10 Å². The first-order valence-electron chi connectivity index (χ1n) is 5.85. The zero-order valence-corrected chi connectivity index (χ0v) is 9.91. The van der Waals surface area contributed by atoms with Crippen LogP contribution in [0.3, 0.4) is 0 Å². The minimum absolute atomic E-state index is 0.239. The van der Waals surface area contributed by atoms with Gasteiger partial charge >= 0.3 is 0 Å². The molecule has 0 aromatic heterocycles. The topological polar surface area (TPSA) is 44.7 Å². The molecule has 0 unspecified atom stereocenters. The van der Waals surface area contributed by atoms with E-state index in [1.165, 1.54) is 12.8 Å². The predicted octanol–water partition coefficient (Wildman–Crippen LogP) is 0.0676. The molecule has 0 spiro atoms. The van der Waals surface area contributed by atoms with Crippen molar-refractivity contribution in [1.82, 2.24) is 10.2 Å². The van der Waals surface area contributed by atoms with Gasteiger partial charge in [-0.1, -0.05) is 0 Å². The second-order valence-corrected chi connectivity index (χ2v) is 4.37. The molecule has 1 heterocycles. The van der Waals surface area contributed by atoms with E-state index in [1.807, 2.05) is 6.92 Å². The number of aliphatic hydroxyl groups excluding tert-OH is 1. The maximum absolute atomic E-state index is 9.16. The van der Waals surface area contributed by atoms with Crippen molar-refractivity contribution < 1.29 is 9.84 Å². The van der Waals surface area contributed by atoms with Crippen LogP contribution in [0.1, 0.15) is 19.8 Å². The Morgan fingerprint density at radius 2 is 2.13 bits per heavy atom. The first kappa shape index (κ1) is 12.9. The molecule has 1 fully saturated rings. The number of ether oxygens (including phenoxy) is 1. The van der Waals surface area contributed by atoms with Crippen molar-refractivity contribution in [2.24, 2.45) is 0 Å². The molecule has 4 heteroatoms. The van der Waals surface area contributed by atoms with E-state index in [4.69, 9.17) is 9.84 Å². The van der Waals surface area contributed by atoms with Crippen LogP contribution in [0.5, 0.6) is 0 Å². The van der Waals surface area contributed by atoms with Crippen molar-refractivity contribution in [3.05, 3.63) is 0 Å². The number of piperidine rings is 1. The lowest BCUT2D eigenvalue weighted by atomic mass is 10.1. The Kier molecular flexibility index (Phi) is 6.17. The summed E-state index contributed by atoms with van der Waals surface area (Å²) in [6, 6.07) is 0.582. The Balaban J connectivity index is 2.07. The van der Waals surface area contributed by atoms with E-state index in [9.17, 15) is 0 Å². The quantitative estimate of drug-likeness (QED) is 0.659. The third kappa shape index (κ3) is 5.47. The highest BCUT2D eigenvalue weighted by molar-refractivity contribution is 4.77. The molecule has 0 saturated carbocycles. The Morgan fingerprint density at radius 1 is 1.47 bits per heavy atom. The number of aliphatic hydroxyl groups is 1. The summed E-state index contributed by atoms with van der Waals surface area (Å²) < 4.78 is 5.06. The molecular weight excluding hydrogens is 192 g/mol. The molecule has 1 atom stereocenters. The lowest BCUT2D eigenvalue weighted by Gasteiger charge is -2.32. The van der Waals surface area contributed by atoms with Crippen LogP contribution in [0.4, 0.5) is 0 Å². The largest absolute Gasteiger partial charge is 0.392 e. The molecule has 4 nitrogen and oxygen atoms in total. The first-order chi connectivity index (χ1) is 7.22. The van der Waals surface area contributed by atoms with Gasteiger partial charge in [-0.15, -0.1) is 0 Å². The molecule has 0 aliphatic carbocycles. The van der Waals surface area contributed by atoms with Crippen LogP contribution < -0.4 is 5.32 Å². The Hall–Kier alpha value is -0.160. The highest BCUT2D eigenvalue weighted by Crippen LogP contribution is 2.09. The number of nitrogens with zero attached hydrogens (tertiary/aromatic N) is 1. The van der Waals surface area contributed by atoms with Gasteiger partial charge in [-0.2, -0.15) is 0 Å². The van der Waals surface area contributed by atoms with Crippen LogP contribution in [-0.4, -0.2) is 62.0 Å². The summed E-state index contributed by atoms with van der Waals surface area (Å²) >= 11 is 0. The molecular formula is C11H24N2O2. The van der Waals surface area contributed by atoms with Gasteiger partial charge in [-0.3, -0.25) is 0 Å². The van der Waals surface area contributed by atoms with Gasteiger partial charge in [0.1, 0.15) is 0 Å². The minimum Gasteiger partial charge on any atom is -0.392 e. The summed E-state index contributed by atoms with van der Waals surface area (Å²) in [4.78, 5) is 2.43. The monoisotopic (exact) mass is 216 g/mol. The summed E-state index contributed by atoms with van der Waals surface area (Å²) in [5, 5.41) is 12.6.